The first kappa shape index (κ1) is 14.6. The van der Waals surface area contributed by atoms with E-state index in [1.54, 1.807) is 7.11 Å². The first-order chi connectivity index (χ1) is 10.8. The number of nitrogens with zero attached hydrogens (tertiary/aromatic N) is 3. The van der Waals surface area contributed by atoms with E-state index in [1.807, 2.05) is 0 Å². The summed E-state index contributed by atoms with van der Waals surface area (Å²) < 4.78 is 7.25. The second-order valence-corrected chi connectivity index (χ2v) is 7.48. The summed E-state index contributed by atoms with van der Waals surface area (Å²) in [5.74, 6) is 1.96. The molecule has 0 aromatic carbocycles. The fourth-order valence-electron chi connectivity index (χ4n) is 5.05. The van der Waals surface area contributed by atoms with Crippen molar-refractivity contribution < 1.29 is 4.74 Å². The minimum absolute atomic E-state index is 0.518. The van der Waals surface area contributed by atoms with Crippen LogP contribution >= 0.6 is 0 Å². The Bertz CT molecular complexity index is 515. The third kappa shape index (κ3) is 2.58. The standard InChI is InChI=1S/C17H28N4O/c1-22-12-15-19-16-7-6-13(11-21(16)20-15)18-14-5-4-10-17(14)8-2-3-9-17/h13-14,18H,2-12H2,1H3/t13-,14+/m1/s1. The second-order valence-electron chi connectivity index (χ2n) is 7.48. The normalized spacial score (nSPS) is 30.0. The molecule has 2 heterocycles. The molecule has 2 atom stereocenters. The number of fused-ring (bicyclic) bond motifs is 1. The van der Waals surface area contributed by atoms with Gasteiger partial charge in [-0.3, -0.25) is 0 Å². The molecule has 1 aromatic rings. The molecule has 0 saturated heterocycles. The van der Waals surface area contributed by atoms with Crippen LogP contribution in [0.1, 0.15) is 63.0 Å². The van der Waals surface area contributed by atoms with Crippen molar-refractivity contribution >= 4 is 0 Å². The Balaban J connectivity index is 1.42. The highest BCUT2D eigenvalue weighted by Crippen LogP contribution is 2.50. The Labute approximate surface area is 132 Å². The molecule has 4 rings (SSSR count). The number of aromatic nitrogens is 3. The summed E-state index contributed by atoms with van der Waals surface area (Å²) in [7, 11) is 1.70. The lowest BCUT2D eigenvalue weighted by atomic mass is 9.80. The maximum absolute atomic E-state index is 5.15. The predicted molar refractivity (Wildman–Crippen MR) is 84.5 cm³/mol. The van der Waals surface area contributed by atoms with Crippen molar-refractivity contribution in [3.63, 3.8) is 0 Å². The van der Waals surface area contributed by atoms with Gasteiger partial charge in [0.05, 0.1) is 6.54 Å². The highest BCUT2D eigenvalue weighted by atomic mass is 16.5. The zero-order chi connectivity index (χ0) is 15.0. The van der Waals surface area contributed by atoms with E-state index in [0.29, 0.717) is 18.1 Å². The van der Waals surface area contributed by atoms with Crippen molar-refractivity contribution in [3.8, 4) is 0 Å². The molecule has 122 valence electrons. The molecule has 22 heavy (non-hydrogen) atoms. The van der Waals surface area contributed by atoms with E-state index in [9.17, 15) is 0 Å². The number of ether oxygens (including phenoxy) is 1. The van der Waals surface area contributed by atoms with Gasteiger partial charge in [0.15, 0.2) is 5.82 Å². The molecule has 5 nitrogen and oxygen atoms in total. The van der Waals surface area contributed by atoms with Gasteiger partial charge in [-0.1, -0.05) is 19.3 Å². The van der Waals surface area contributed by atoms with Gasteiger partial charge in [0, 0.05) is 25.6 Å². The number of nitrogens with one attached hydrogen (secondary N) is 1. The molecule has 2 aliphatic carbocycles. The van der Waals surface area contributed by atoms with E-state index in [1.165, 1.54) is 51.4 Å². The molecular weight excluding hydrogens is 276 g/mol. The first-order valence-electron chi connectivity index (χ1n) is 8.97. The molecule has 3 aliphatic rings. The van der Waals surface area contributed by atoms with Crippen molar-refractivity contribution in [2.24, 2.45) is 5.41 Å². The fraction of sp³-hybridized carbons (Fsp3) is 0.882. The maximum atomic E-state index is 5.15. The van der Waals surface area contributed by atoms with Gasteiger partial charge in [-0.15, -0.1) is 0 Å². The van der Waals surface area contributed by atoms with Crippen LogP contribution in [0.15, 0.2) is 0 Å². The average Bonchev–Trinajstić information content (AvgIpc) is 3.22. The topological polar surface area (TPSA) is 52.0 Å². The third-order valence-electron chi connectivity index (χ3n) is 6.12. The van der Waals surface area contributed by atoms with Gasteiger partial charge in [-0.2, -0.15) is 5.10 Å². The Morgan fingerprint density at radius 2 is 2.05 bits per heavy atom. The lowest BCUT2D eigenvalue weighted by Crippen LogP contribution is -2.48. The van der Waals surface area contributed by atoms with E-state index >= 15 is 0 Å². The van der Waals surface area contributed by atoms with Crippen LogP contribution in [0.5, 0.6) is 0 Å². The molecule has 1 N–H and O–H groups in total. The predicted octanol–water partition coefficient (Wildman–Crippen LogP) is 2.44. The van der Waals surface area contributed by atoms with Gasteiger partial charge in [-0.25, -0.2) is 9.67 Å². The van der Waals surface area contributed by atoms with E-state index in [0.717, 1.165) is 30.7 Å². The zero-order valence-corrected chi connectivity index (χ0v) is 13.7. The molecule has 2 saturated carbocycles. The summed E-state index contributed by atoms with van der Waals surface area (Å²) in [5, 5.41) is 8.61. The molecule has 0 amide bonds. The number of aryl methyl sites for hydroxylation is 1. The molecule has 5 heteroatoms. The fourth-order valence-corrected chi connectivity index (χ4v) is 5.05. The molecule has 1 spiro atoms. The van der Waals surface area contributed by atoms with E-state index in [-0.39, 0.29) is 0 Å². The lowest BCUT2D eigenvalue weighted by molar-refractivity contribution is 0.177. The van der Waals surface area contributed by atoms with Crippen molar-refractivity contribution in [2.45, 2.75) is 83.0 Å². The van der Waals surface area contributed by atoms with Gasteiger partial charge >= 0.3 is 0 Å². The highest BCUT2D eigenvalue weighted by Gasteiger charge is 2.45. The van der Waals surface area contributed by atoms with E-state index in [2.05, 4.69) is 20.1 Å². The van der Waals surface area contributed by atoms with Crippen LogP contribution < -0.4 is 5.32 Å². The summed E-state index contributed by atoms with van der Waals surface area (Å²) in [6.07, 6.45) is 12.2. The molecule has 0 unspecified atom stereocenters. The van der Waals surface area contributed by atoms with Crippen molar-refractivity contribution in [3.05, 3.63) is 11.6 Å². The smallest absolute Gasteiger partial charge is 0.176 e. The van der Waals surface area contributed by atoms with Crippen LogP contribution in [-0.4, -0.2) is 34.0 Å². The van der Waals surface area contributed by atoms with Gasteiger partial charge in [-0.05, 0) is 37.5 Å². The van der Waals surface area contributed by atoms with Gasteiger partial charge in [0.25, 0.3) is 0 Å². The summed E-state index contributed by atoms with van der Waals surface area (Å²) >= 11 is 0. The summed E-state index contributed by atoms with van der Waals surface area (Å²) in [6.45, 7) is 1.49. The Hall–Kier alpha value is -0.940. The zero-order valence-electron chi connectivity index (χ0n) is 13.7. The number of hydrogen-bond acceptors (Lipinski definition) is 4. The minimum Gasteiger partial charge on any atom is -0.377 e. The summed E-state index contributed by atoms with van der Waals surface area (Å²) in [4.78, 5) is 4.58. The number of hydrogen-bond donors (Lipinski definition) is 1. The Kier molecular flexibility index (Phi) is 3.95. The third-order valence-corrected chi connectivity index (χ3v) is 6.12. The van der Waals surface area contributed by atoms with Crippen LogP contribution in [0.4, 0.5) is 0 Å². The van der Waals surface area contributed by atoms with Crippen molar-refractivity contribution in [1.82, 2.24) is 20.1 Å². The average molecular weight is 304 g/mol. The largest absolute Gasteiger partial charge is 0.377 e. The van der Waals surface area contributed by atoms with Crippen LogP contribution in [-0.2, 0) is 24.3 Å². The van der Waals surface area contributed by atoms with Crippen molar-refractivity contribution in [2.75, 3.05) is 7.11 Å². The van der Waals surface area contributed by atoms with E-state index in [4.69, 9.17) is 4.74 Å². The number of methoxy groups -OCH3 is 1. The first-order valence-corrected chi connectivity index (χ1v) is 8.97. The lowest BCUT2D eigenvalue weighted by Gasteiger charge is -2.36. The highest BCUT2D eigenvalue weighted by molar-refractivity contribution is 5.02. The monoisotopic (exact) mass is 304 g/mol. The summed E-state index contributed by atoms with van der Waals surface area (Å²) in [6, 6.07) is 1.30. The minimum atomic E-state index is 0.518. The molecule has 0 bridgehead atoms. The molecule has 0 radical (unpaired) electrons. The molecule has 1 aromatic heterocycles. The van der Waals surface area contributed by atoms with Gasteiger partial charge < -0.3 is 10.1 Å². The quantitative estimate of drug-likeness (QED) is 0.928. The van der Waals surface area contributed by atoms with E-state index < -0.39 is 0 Å². The molecular formula is C17H28N4O. The van der Waals surface area contributed by atoms with Crippen LogP contribution in [0, 0.1) is 5.41 Å². The molecule has 2 fully saturated rings. The Morgan fingerprint density at radius 1 is 1.23 bits per heavy atom. The summed E-state index contributed by atoms with van der Waals surface area (Å²) in [5.41, 5.74) is 0.629. The Morgan fingerprint density at radius 3 is 2.86 bits per heavy atom. The van der Waals surface area contributed by atoms with Gasteiger partial charge in [0.1, 0.15) is 12.4 Å². The van der Waals surface area contributed by atoms with Crippen LogP contribution in [0.2, 0.25) is 0 Å². The SMILES string of the molecule is COCc1nc2n(n1)C[C@H](N[C@H]1CCCC13CCCC3)CC2. The molecule has 1 aliphatic heterocycles. The van der Waals surface area contributed by atoms with Crippen LogP contribution in [0.3, 0.4) is 0 Å². The van der Waals surface area contributed by atoms with Crippen molar-refractivity contribution in [1.29, 1.82) is 0 Å². The second kappa shape index (κ2) is 5.93. The van der Waals surface area contributed by atoms with Crippen LogP contribution in [0.25, 0.3) is 0 Å². The number of rotatable bonds is 4. The van der Waals surface area contributed by atoms with Gasteiger partial charge in [0.2, 0.25) is 0 Å². The maximum Gasteiger partial charge on any atom is 0.176 e.